The Morgan fingerprint density at radius 2 is 1.71 bits per heavy atom. The van der Waals surface area contributed by atoms with Crippen molar-refractivity contribution >= 4 is 21.4 Å². The molecule has 0 aliphatic carbocycles. The summed E-state index contributed by atoms with van der Waals surface area (Å²) in [7, 11) is -4.11. The van der Waals surface area contributed by atoms with Crippen LogP contribution in [0.2, 0.25) is 0 Å². The first-order chi connectivity index (χ1) is 9.86. The highest BCUT2D eigenvalue weighted by Crippen LogP contribution is 2.26. The summed E-state index contributed by atoms with van der Waals surface area (Å²) in [6.45, 7) is 1.72. The Morgan fingerprint density at radius 1 is 1.10 bits per heavy atom. The second-order valence-electron chi connectivity index (χ2n) is 4.34. The van der Waals surface area contributed by atoms with E-state index in [1.807, 2.05) is 0 Å². The van der Waals surface area contributed by atoms with Crippen LogP contribution < -0.4 is 10.0 Å². The summed E-state index contributed by atoms with van der Waals surface area (Å²) in [5.41, 5.74) is 6.40. The summed E-state index contributed by atoms with van der Waals surface area (Å²) >= 11 is 0. The number of nitrogens with zero attached hydrogens (tertiary/aromatic N) is 1. The van der Waals surface area contributed by atoms with Gasteiger partial charge in [-0.25, -0.2) is 17.2 Å². The van der Waals surface area contributed by atoms with Crippen LogP contribution in [0.25, 0.3) is 0 Å². The smallest absolute Gasteiger partial charge is 0.267 e. The molecule has 0 amide bonds. The predicted octanol–water partition coefficient (Wildman–Crippen LogP) is 2.76. The van der Waals surface area contributed by atoms with Gasteiger partial charge in [-0.05, 0) is 43.3 Å². The molecule has 21 heavy (non-hydrogen) atoms. The van der Waals surface area contributed by atoms with Crippen molar-refractivity contribution in [2.75, 3.05) is 16.6 Å². The van der Waals surface area contributed by atoms with Gasteiger partial charge in [0.15, 0.2) is 0 Å². The fraction of sp³-hybridized carbons (Fsp3) is 0.143. The zero-order valence-electron chi connectivity index (χ0n) is 11.3. The quantitative estimate of drug-likeness (QED) is 0.883. The number of benzene rings is 2. The number of hydrogen-bond acceptors (Lipinski definition) is 3. The maximum Gasteiger partial charge on any atom is 0.267 e. The normalized spacial score (nSPS) is 11.4. The summed E-state index contributed by atoms with van der Waals surface area (Å²) in [5, 5.41) is 0. The number of rotatable bonds is 4. The standard InChI is InChI=1S/C14H14F2N2O2S/c1-2-18(12-6-4-11(17)5-7-12)21(19,20)14-8-3-10(15)9-13(14)16/h3-9H,2,17H2,1H3. The lowest BCUT2D eigenvalue weighted by Crippen LogP contribution is -2.31. The van der Waals surface area contributed by atoms with Crippen molar-refractivity contribution in [3.05, 3.63) is 54.1 Å². The first-order valence-corrected chi connectivity index (χ1v) is 7.63. The first kappa shape index (κ1) is 15.2. The minimum absolute atomic E-state index is 0.100. The fourth-order valence-corrected chi connectivity index (χ4v) is 3.46. The molecule has 4 nitrogen and oxygen atoms in total. The van der Waals surface area contributed by atoms with Crippen molar-refractivity contribution in [1.29, 1.82) is 0 Å². The molecule has 0 saturated heterocycles. The largest absolute Gasteiger partial charge is 0.399 e. The Labute approximate surface area is 121 Å². The van der Waals surface area contributed by atoms with Crippen molar-refractivity contribution in [2.45, 2.75) is 11.8 Å². The Kier molecular flexibility index (Phi) is 4.13. The third-order valence-electron chi connectivity index (χ3n) is 2.93. The zero-order chi connectivity index (χ0) is 15.6. The number of halogens is 2. The average molecular weight is 312 g/mol. The first-order valence-electron chi connectivity index (χ1n) is 6.19. The van der Waals surface area contributed by atoms with Crippen molar-refractivity contribution < 1.29 is 17.2 Å². The van der Waals surface area contributed by atoms with Crippen molar-refractivity contribution in [1.82, 2.24) is 0 Å². The van der Waals surface area contributed by atoms with Crippen LogP contribution in [-0.4, -0.2) is 15.0 Å². The molecule has 0 radical (unpaired) electrons. The second kappa shape index (κ2) is 5.69. The van der Waals surface area contributed by atoms with Gasteiger partial charge in [-0.3, -0.25) is 4.31 Å². The highest BCUT2D eigenvalue weighted by Gasteiger charge is 2.27. The van der Waals surface area contributed by atoms with Crippen LogP contribution in [0.1, 0.15) is 6.92 Å². The lowest BCUT2D eigenvalue weighted by molar-refractivity contribution is 0.547. The molecule has 0 aromatic heterocycles. The van der Waals surface area contributed by atoms with E-state index in [1.54, 1.807) is 19.1 Å². The van der Waals surface area contributed by atoms with Crippen molar-refractivity contribution in [3.63, 3.8) is 0 Å². The molecule has 0 heterocycles. The van der Waals surface area contributed by atoms with Crippen molar-refractivity contribution in [2.24, 2.45) is 0 Å². The summed E-state index contributed by atoms with van der Waals surface area (Å²) in [5.74, 6) is -1.95. The molecule has 0 saturated carbocycles. The Bertz CT molecular complexity index is 746. The van der Waals surface area contributed by atoms with Gasteiger partial charge in [-0.1, -0.05) is 0 Å². The van der Waals surface area contributed by atoms with Gasteiger partial charge in [0.05, 0.1) is 5.69 Å². The van der Waals surface area contributed by atoms with Gasteiger partial charge in [-0.15, -0.1) is 0 Å². The number of nitrogen functional groups attached to an aromatic ring is 1. The van der Waals surface area contributed by atoms with E-state index in [4.69, 9.17) is 5.73 Å². The lowest BCUT2D eigenvalue weighted by Gasteiger charge is -2.23. The molecule has 2 rings (SSSR count). The van der Waals surface area contributed by atoms with Gasteiger partial charge < -0.3 is 5.73 Å². The van der Waals surface area contributed by atoms with Crippen LogP contribution in [0.5, 0.6) is 0 Å². The summed E-state index contributed by atoms with van der Waals surface area (Å²) in [6.07, 6.45) is 0. The molecule has 0 unspecified atom stereocenters. The van der Waals surface area contributed by atoms with Crippen LogP contribution in [-0.2, 0) is 10.0 Å². The summed E-state index contributed by atoms with van der Waals surface area (Å²) < 4.78 is 52.7. The second-order valence-corrected chi connectivity index (χ2v) is 6.17. The number of nitrogens with two attached hydrogens (primary N) is 1. The number of hydrogen-bond donors (Lipinski definition) is 1. The van der Waals surface area contributed by atoms with Gasteiger partial charge in [0.25, 0.3) is 10.0 Å². The molecule has 7 heteroatoms. The third-order valence-corrected chi connectivity index (χ3v) is 4.87. The van der Waals surface area contributed by atoms with E-state index < -0.39 is 26.6 Å². The maximum absolute atomic E-state index is 13.8. The van der Waals surface area contributed by atoms with E-state index in [-0.39, 0.29) is 6.54 Å². The molecule has 0 aliphatic rings. The Balaban J connectivity index is 2.51. The average Bonchev–Trinajstić information content (AvgIpc) is 2.41. The van der Waals surface area contributed by atoms with Gasteiger partial charge in [-0.2, -0.15) is 0 Å². The number of sulfonamides is 1. The molecule has 112 valence electrons. The fourth-order valence-electron chi connectivity index (χ4n) is 1.94. The number of anilines is 2. The molecule has 2 aromatic carbocycles. The van der Waals surface area contributed by atoms with Crippen LogP contribution in [0.4, 0.5) is 20.2 Å². The van der Waals surface area contributed by atoms with Crippen molar-refractivity contribution in [3.8, 4) is 0 Å². The molecule has 0 spiro atoms. The molecule has 0 atom stereocenters. The topological polar surface area (TPSA) is 63.4 Å². The monoisotopic (exact) mass is 312 g/mol. The summed E-state index contributed by atoms with van der Waals surface area (Å²) in [6, 6.07) is 8.52. The van der Waals surface area contributed by atoms with E-state index in [0.717, 1.165) is 16.4 Å². The zero-order valence-corrected chi connectivity index (χ0v) is 12.1. The van der Waals surface area contributed by atoms with Crippen LogP contribution in [0.15, 0.2) is 47.4 Å². The van der Waals surface area contributed by atoms with Gasteiger partial charge in [0, 0.05) is 18.3 Å². The van der Waals surface area contributed by atoms with E-state index in [0.29, 0.717) is 17.4 Å². The van der Waals surface area contributed by atoms with Gasteiger partial charge in [0.1, 0.15) is 16.5 Å². The minimum Gasteiger partial charge on any atom is -0.399 e. The van der Waals surface area contributed by atoms with Crippen LogP contribution in [0, 0.1) is 11.6 Å². The maximum atomic E-state index is 13.8. The Morgan fingerprint density at radius 3 is 2.24 bits per heavy atom. The van der Waals surface area contributed by atoms with E-state index >= 15 is 0 Å². The molecule has 2 aromatic rings. The SMILES string of the molecule is CCN(c1ccc(N)cc1)S(=O)(=O)c1ccc(F)cc1F. The molecule has 0 fully saturated rings. The Hall–Kier alpha value is -2.15. The highest BCUT2D eigenvalue weighted by molar-refractivity contribution is 7.92. The molecular weight excluding hydrogens is 298 g/mol. The van der Waals surface area contributed by atoms with Crippen LogP contribution >= 0.6 is 0 Å². The van der Waals surface area contributed by atoms with E-state index in [1.165, 1.54) is 12.1 Å². The highest BCUT2D eigenvalue weighted by atomic mass is 32.2. The van der Waals surface area contributed by atoms with E-state index in [9.17, 15) is 17.2 Å². The molecule has 0 bridgehead atoms. The molecular formula is C14H14F2N2O2S. The molecule has 2 N–H and O–H groups in total. The van der Waals surface area contributed by atoms with Gasteiger partial charge in [0.2, 0.25) is 0 Å². The third kappa shape index (κ3) is 2.97. The molecule has 0 aliphatic heterocycles. The minimum atomic E-state index is -4.11. The van der Waals surface area contributed by atoms with E-state index in [2.05, 4.69) is 0 Å². The van der Waals surface area contributed by atoms with Gasteiger partial charge >= 0.3 is 0 Å². The predicted molar refractivity (Wildman–Crippen MR) is 77.4 cm³/mol. The lowest BCUT2D eigenvalue weighted by atomic mass is 10.3. The van der Waals surface area contributed by atoms with Crippen LogP contribution in [0.3, 0.4) is 0 Å². The summed E-state index contributed by atoms with van der Waals surface area (Å²) in [4.78, 5) is -0.567.